The number of rotatable bonds is 5. The van der Waals surface area contributed by atoms with Gasteiger partial charge < -0.3 is 0 Å². The van der Waals surface area contributed by atoms with E-state index < -0.39 is 0 Å². The van der Waals surface area contributed by atoms with Crippen molar-refractivity contribution in [1.29, 1.82) is 0 Å². The van der Waals surface area contributed by atoms with Crippen LogP contribution in [0.15, 0.2) is 0 Å². The molecule has 0 N–H and O–H groups in total. The Kier molecular flexibility index (Phi) is 16.6. The van der Waals surface area contributed by atoms with Gasteiger partial charge in [-0.3, -0.25) is 0 Å². The molecule has 0 aliphatic carbocycles. The summed E-state index contributed by atoms with van der Waals surface area (Å²) in [6.07, 6.45) is 6.03. The third kappa shape index (κ3) is 12.3. The van der Waals surface area contributed by atoms with Crippen LogP contribution in [-0.2, 0) is 0 Å². The Labute approximate surface area is 77.2 Å². The Bertz CT molecular complexity index is 36.0. The number of hydrogen-bond donors (Lipinski definition) is 0. The van der Waals surface area contributed by atoms with E-state index in [0.717, 1.165) is 0 Å². The Hall–Kier alpha value is 1.03. The van der Waals surface area contributed by atoms with E-state index >= 15 is 0 Å². The van der Waals surface area contributed by atoms with Gasteiger partial charge in [0, 0.05) is 20.5 Å². The largest absolute Gasteiger partial charge is 0.0658 e. The monoisotopic (exact) mass is 154 g/mol. The number of unbranched alkanes of at least 4 members (excludes halogenated alkanes) is 3. The van der Waals surface area contributed by atoms with Crippen LogP contribution < -0.4 is 0 Å². The SMILES string of the molecule is [LiH].[SiH3]CCCCCC[SiH3]. The molecule has 0 saturated carbocycles. The van der Waals surface area contributed by atoms with Gasteiger partial charge in [-0.2, -0.15) is 0 Å². The van der Waals surface area contributed by atoms with Gasteiger partial charge in [-0.1, -0.05) is 37.8 Å². The average Bonchev–Trinajstić information content (AvgIpc) is 1.81. The second-order valence-corrected chi connectivity index (χ2v) is 4.41. The Morgan fingerprint density at radius 3 is 1.22 bits per heavy atom. The Morgan fingerprint density at radius 1 is 0.667 bits per heavy atom. The molecule has 0 aromatic carbocycles. The zero-order chi connectivity index (χ0) is 6.24. The molecule has 0 nitrogen and oxygen atoms in total. The van der Waals surface area contributed by atoms with Gasteiger partial charge in [0.15, 0.2) is 0 Å². The van der Waals surface area contributed by atoms with E-state index in [4.69, 9.17) is 0 Å². The third-order valence-corrected chi connectivity index (χ3v) is 2.87. The first-order chi connectivity index (χ1) is 3.91. The van der Waals surface area contributed by atoms with E-state index in [1.54, 1.807) is 0 Å². The zero-order valence-corrected chi connectivity index (χ0v) is 10.2. The van der Waals surface area contributed by atoms with Crippen molar-refractivity contribution in [1.82, 2.24) is 0 Å². The summed E-state index contributed by atoms with van der Waals surface area (Å²) < 4.78 is 0. The number of hydrogen-bond acceptors (Lipinski definition) is 0. The van der Waals surface area contributed by atoms with E-state index in [9.17, 15) is 0 Å². The molecule has 0 aliphatic rings. The molecule has 0 unspecified atom stereocenters. The molecule has 0 heterocycles. The fourth-order valence-corrected chi connectivity index (χ4v) is 1.85. The van der Waals surface area contributed by atoms with Crippen LogP contribution in [0.5, 0.6) is 0 Å². The fourth-order valence-electron chi connectivity index (χ4n) is 0.854. The molecule has 3 heteroatoms. The maximum absolute atomic E-state index is 1.52. The van der Waals surface area contributed by atoms with E-state index in [-0.39, 0.29) is 18.9 Å². The maximum atomic E-state index is 1.52. The Morgan fingerprint density at radius 2 is 1.00 bits per heavy atom. The normalized spacial score (nSPS) is 9.33. The van der Waals surface area contributed by atoms with Crippen LogP contribution in [0.4, 0.5) is 0 Å². The van der Waals surface area contributed by atoms with Gasteiger partial charge in [0.05, 0.1) is 0 Å². The molecule has 0 fully saturated rings. The fraction of sp³-hybridized carbons (Fsp3) is 1.00. The van der Waals surface area contributed by atoms with Gasteiger partial charge in [-0.05, 0) is 0 Å². The van der Waals surface area contributed by atoms with Crippen molar-refractivity contribution in [3.63, 3.8) is 0 Å². The molecule has 0 amide bonds. The van der Waals surface area contributed by atoms with Crippen molar-refractivity contribution in [3.05, 3.63) is 0 Å². The van der Waals surface area contributed by atoms with Gasteiger partial charge >= 0.3 is 18.9 Å². The molecular weight excluding hydrogens is 135 g/mol. The molecular formula is C6H19LiSi2. The smallest absolute Gasteiger partial charge is 0.00279 e. The molecule has 0 aromatic rings. The van der Waals surface area contributed by atoms with Crippen molar-refractivity contribution < 1.29 is 0 Å². The van der Waals surface area contributed by atoms with Crippen LogP contribution in [0.3, 0.4) is 0 Å². The van der Waals surface area contributed by atoms with Crippen LogP contribution in [0.1, 0.15) is 25.7 Å². The predicted molar refractivity (Wildman–Crippen MR) is 55.1 cm³/mol. The minimum absolute atomic E-state index is 0. The van der Waals surface area contributed by atoms with Crippen molar-refractivity contribution in [2.75, 3.05) is 0 Å². The van der Waals surface area contributed by atoms with Crippen LogP contribution in [0, 0.1) is 0 Å². The van der Waals surface area contributed by atoms with Crippen molar-refractivity contribution in [2.24, 2.45) is 0 Å². The molecule has 0 saturated heterocycles. The summed E-state index contributed by atoms with van der Waals surface area (Å²) >= 11 is 0. The molecule has 0 bridgehead atoms. The van der Waals surface area contributed by atoms with Crippen molar-refractivity contribution in [2.45, 2.75) is 37.8 Å². The second-order valence-electron chi connectivity index (χ2n) is 2.41. The van der Waals surface area contributed by atoms with Crippen LogP contribution in [0.25, 0.3) is 0 Å². The molecule has 0 atom stereocenters. The molecule has 0 rings (SSSR count). The predicted octanol–water partition coefficient (Wildman–Crippen LogP) is -0.534. The quantitative estimate of drug-likeness (QED) is 0.369. The minimum atomic E-state index is 0. The topological polar surface area (TPSA) is 0 Å². The molecule has 0 aromatic heterocycles. The first-order valence-electron chi connectivity index (χ1n) is 3.91. The minimum Gasteiger partial charge on any atom is -0.0658 e. The van der Waals surface area contributed by atoms with Crippen LogP contribution in [0.2, 0.25) is 12.1 Å². The maximum Gasteiger partial charge on any atom is 0.00279 e. The zero-order valence-electron chi connectivity index (χ0n) is 6.24. The average molecular weight is 154 g/mol. The molecule has 0 spiro atoms. The Balaban J connectivity index is 0. The molecule has 0 aliphatic heterocycles. The van der Waals surface area contributed by atoms with Gasteiger partial charge in [0.1, 0.15) is 0 Å². The summed E-state index contributed by atoms with van der Waals surface area (Å²) in [7, 11) is 2.83. The van der Waals surface area contributed by atoms with Crippen LogP contribution in [-0.4, -0.2) is 39.3 Å². The van der Waals surface area contributed by atoms with Gasteiger partial charge in [-0.25, -0.2) is 0 Å². The first-order valence-corrected chi connectivity index (χ1v) is 6.74. The van der Waals surface area contributed by atoms with Crippen molar-refractivity contribution >= 4 is 39.3 Å². The van der Waals surface area contributed by atoms with E-state index in [1.807, 2.05) is 0 Å². The van der Waals surface area contributed by atoms with Crippen molar-refractivity contribution in [3.8, 4) is 0 Å². The van der Waals surface area contributed by atoms with Gasteiger partial charge in [-0.15, -0.1) is 0 Å². The van der Waals surface area contributed by atoms with E-state index in [2.05, 4.69) is 0 Å². The first kappa shape index (κ1) is 12.7. The van der Waals surface area contributed by atoms with Gasteiger partial charge in [0.25, 0.3) is 0 Å². The molecule has 52 valence electrons. The van der Waals surface area contributed by atoms with E-state index in [1.165, 1.54) is 58.3 Å². The molecule has 0 radical (unpaired) electrons. The van der Waals surface area contributed by atoms with E-state index in [0.29, 0.717) is 0 Å². The summed E-state index contributed by atoms with van der Waals surface area (Å²) in [6.45, 7) is 0. The standard InChI is InChI=1S/C6H18Si2.Li.H/c7-5-3-1-2-4-6-8;;/h1-6H2,7-8H3;;. The summed E-state index contributed by atoms with van der Waals surface area (Å²) in [6, 6.07) is 3.03. The summed E-state index contributed by atoms with van der Waals surface area (Å²) in [5.41, 5.74) is 0. The second kappa shape index (κ2) is 11.8. The molecule has 9 heavy (non-hydrogen) atoms. The van der Waals surface area contributed by atoms with Crippen LogP contribution >= 0.6 is 0 Å². The third-order valence-electron chi connectivity index (χ3n) is 1.46. The summed E-state index contributed by atoms with van der Waals surface area (Å²) in [4.78, 5) is 0. The van der Waals surface area contributed by atoms with Gasteiger partial charge in [0.2, 0.25) is 0 Å². The summed E-state index contributed by atoms with van der Waals surface area (Å²) in [5, 5.41) is 0. The summed E-state index contributed by atoms with van der Waals surface area (Å²) in [5.74, 6) is 0.